The molecule has 1 aliphatic carbocycles. The number of rotatable bonds is 8. The molecule has 0 aliphatic heterocycles. The van der Waals surface area contributed by atoms with E-state index in [4.69, 9.17) is 4.74 Å². The molecule has 0 aromatic heterocycles. The minimum atomic E-state index is -0.947. The molecular weight excluding hydrogens is 282 g/mol. The molecule has 1 aromatic rings. The van der Waals surface area contributed by atoms with Gasteiger partial charge in [-0.05, 0) is 36.5 Å². The van der Waals surface area contributed by atoms with Crippen LogP contribution in [0.3, 0.4) is 0 Å². The van der Waals surface area contributed by atoms with Crippen molar-refractivity contribution in [2.45, 2.75) is 38.6 Å². The first kappa shape index (κ1) is 16.3. The Morgan fingerprint density at radius 3 is 2.45 bits per heavy atom. The highest BCUT2D eigenvalue weighted by molar-refractivity contribution is 5.84. The van der Waals surface area contributed by atoms with E-state index in [1.54, 1.807) is 7.11 Å². The van der Waals surface area contributed by atoms with Crippen LogP contribution in [-0.4, -0.2) is 30.1 Å². The van der Waals surface area contributed by atoms with Crippen LogP contribution in [0.2, 0.25) is 0 Å². The summed E-state index contributed by atoms with van der Waals surface area (Å²) < 4.78 is 5.10. The van der Waals surface area contributed by atoms with Gasteiger partial charge in [-0.3, -0.25) is 4.79 Å². The number of aliphatic carboxylic acids is 1. The highest BCUT2D eigenvalue weighted by Crippen LogP contribution is 2.33. The average Bonchev–Trinajstić information content (AvgIpc) is 3.31. The molecule has 22 heavy (non-hydrogen) atoms. The zero-order chi connectivity index (χ0) is 16.1. The number of amides is 1. The van der Waals surface area contributed by atoms with E-state index in [9.17, 15) is 14.7 Å². The molecule has 5 nitrogen and oxygen atoms in total. The van der Waals surface area contributed by atoms with Crippen molar-refractivity contribution in [1.29, 1.82) is 0 Å². The van der Waals surface area contributed by atoms with Gasteiger partial charge in [0.2, 0.25) is 5.91 Å². The lowest BCUT2D eigenvalue weighted by Gasteiger charge is -2.18. The van der Waals surface area contributed by atoms with E-state index in [0.29, 0.717) is 18.8 Å². The van der Waals surface area contributed by atoms with E-state index in [0.717, 1.165) is 24.2 Å². The zero-order valence-electron chi connectivity index (χ0n) is 13.0. The van der Waals surface area contributed by atoms with Gasteiger partial charge in [0.25, 0.3) is 0 Å². The molecule has 2 unspecified atom stereocenters. The van der Waals surface area contributed by atoms with Crippen LogP contribution in [-0.2, 0) is 16.0 Å². The number of methoxy groups -OCH3 is 1. The maximum atomic E-state index is 12.2. The molecule has 1 fully saturated rings. The number of carbonyl (C=O) groups excluding carboxylic acids is 1. The first-order valence-corrected chi connectivity index (χ1v) is 7.65. The largest absolute Gasteiger partial charge is 0.497 e. The minimum absolute atomic E-state index is 0.205. The number of ether oxygens (including phenoxy) is 1. The van der Waals surface area contributed by atoms with Crippen LogP contribution in [0.15, 0.2) is 24.3 Å². The summed E-state index contributed by atoms with van der Waals surface area (Å²) in [5.74, 6) is -0.190. The SMILES string of the molecule is COc1ccc(CC(C)C(=O)NC(CC2CC2)C(=O)O)cc1. The van der Waals surface area contributed by atoms with Crippen LogP contribution in [0.5, 0.6) is 5.75 Å². The Bertz CT molecular complexity index is 522. The van der Waals surface area contributed by atoms with E-state index in [1.165, 1.54) is 0 Å². The molecule has 1 saturated carbocycles. The summed E-state index contributed by atoms with van der Waals surface area (Å²) in [7, 11) is 1.61. The summed E-state index contributed by atoms with van der Waals surface area (Å²) in [6.45, 7) is 1.82. The fourth-order valence-electron chi connectivity index (χ4n) is 2.43. The standard InChI is InChI=1S/C17H23NO4/c1-11(9-12-5-7-14(22-2)8-6-12)16(19)18-15(17(20)21)10-13-3-4-13/h5-8,11,13,15H,3-4,9-10H2,1-2H3,(H,18,19)(H,20,21). The fourth-order valence-corrected chi connectivity index (χ4v) is 2.43. The summed E-state index contributed by atoms with van der Waals surface area (Å²) in [5, 5.41) is 11.9. The summed E-state index contributed by atoms with van der Waals surface area (Å²) in [4.78, 5) is 23.4. The third-order valence-electron chi connectivity index (χ3n) is 4.03. The maximum absolute atomic E-state index is 12.2. The van der Waals surface area contributed by atoms with Crippen molar-refractivity contribution in [1.82, 2.24) is 5.32 Å². The number of carboxylic acids is 1. The second kappa shape index (κ2) is 7.29. The number of hydrogen-bond donors (Lipinski definition) is 2. The van der Waals surface area contributed by atoms with Gasteiger partial charge in [-0.1, -0.05) is 31.9 Å². The van der Waals surface area contributed by atoms with Crippen molar-refractivity contribution >= 4 is 11.9 Å². The number of carbonyl (C=O) groups is 2. The van der Waals surface area contributed by atoms with Crippen molar-refractivity contribution in [3.8, 4) is 5.75 Å². The van der Waals surface area contributed by atoms with Crippen LogP contribution >= 0.6 is 0 Å². The van der Waals surface area contributed by atoms with E-state index in [2.05, 4.69) is 5.32 Å². The van der Waals surface area contributed by atoms with Crippen LogP contribution in [0.1, 0.15) is 31.7 Å². The molecule has 0 radical (unpaired) electrons. The topological polar surface area (TPSA) is 75.6 Å². The zero-order valence-corrected chi connectivity index (χ0v) is 13.0. The molecule has 1 amide bonds. The van der Waals surface area contributed by atoms with Crippen LogP contribution < -0.4 is 10.1 Å². The Kier molecular flexibility index (Phi) is 5.41. The molecule has 120 valence electrons. The predicted octanol–water partition coefficient (Wildman–Crippen LogP) is 2.24. The summed E-state index contributed by atoms with van der Waals surface area (Å²) >= 11 is 0. The number of nitrogens with one attached hydrogen (secondary N) is 1. The van der Waals surface area contributed by atoms with E-state index in [1.807, 2.05) is 31.2 Å². The normalized spacial score (nSPS) is 16.6. The summed E-state index contributed by atoms with van der Waals surface area (Å²) in [6.07, 6.45) is 3.25. The average molecular weight is 305 g/mol. The highest BCUT2D eigenvalue weighted by Gasteiger charge is 2.31. The van der Waals surface area contributed by atoms with Gasteiger partial charge in [-0.15, -0.1) is 0 Å². The number of hydrogen-bond acceptors (Lipinski definition) is 3. The van der Waals surface area contributed by atoms with Crippen LogP contribution in [0, 0.1) is 11.8 Å². The molecule has 5 heteroatoms. The molecule has 1 aliphatic rings. The van der Waals surface area contributed by atoms with Crippen molar-refractivity contribution in [2.24, 2.45) is 11.8 Å². The summed E-state index contributed by atoms with van der Waals surface area (Å²) in [6, 6.07) is 6.78. The monoisotopic (exact) mass is 305 g/mol. The Balaban J connectivity index is 1.87. The van der Waals surface area contributed by atoms with Crippen molar-refractivity contribution in [3.63, 3.8) is 0 Å². The molecule has 2 rings (SSSR count). The predicted molar refractivity (Wildman–Crippen MR) is 82.8 cm³/mol. The van der Waals surface area contributed by atoms with Gasteiger partial charge in [0, 0.05) is 5.92 Å². The van der Waals surface area contributed by atoms with Crippen LogP contribution in [0.4, 0.5) is 0 Å². The lowest BCUT2D eigenvalue weighted by atomic mass is 9.99. The number of carboxylic acid groups (broad SMARTS) is 1. The Morgan fingerprint density at radius 1 is 1.32 bits per heavy atom. The fraction of sp³-hybridized carbons (Fsp3) is 0.529. The Hall–Kier alpha value is -2.04. The Morgan fingerprint density at radius 2 is 1.95 bits per heavy atom. The van der Waals surface area contributed by atoms with Crippen molar-refractivity contribution < 1.29 is 19.4 Å². The second-order valence-corrected chi connectivity index (χ2v) is 6.03. The van der Waals surface area contributed by atoms with E-state index < -0.39 is 12.0 Å². The van der Waals surface area contributed by atoms with Crippen molar-refractivity contribution in [3.05, 3.63) is 29.8 Å². The first-order valence-electron chi connectivity index (χ1n) is 7.65. The van der Waals surface area contributed by atoms with E-state index in [-0.39, 0.29) is 11.8 Å². The second-order valence-electron chi connectivity index (χ2n) is 6.03. The molecular formula is C17H23NO4. The molecule has 0 spiro atoms. The number of benzene rings is 1. The Labute approximate surface area is 130 Å². The van der Waals surface area contributed by atoms with Gasteiger partial charge < -0.3 is 15.2 Å². The summed E-state index contributed by atoms with van der Waals surface area (Å²) in [5.41, 5.74) is 1.03. The molecule has 0 heterocycles. The van der Waals surface area contributed by atoms with Gasteiger partial charge in [0.15, 0.2) is 0 Å². The molecule has 1 aromatic carbocycles. The van der Waals surface area contributed by atoms with E-state index >= 15 is 0 Å². The molecule has 2 N–H and O–H groups in total. The van der Waals surface area contributed by atoms with Gasteiger partial charge in [0.05, 0.1) is 7.11 Å². The minimum Gasteiger partial charge on any atom is -0.497 e. The third-order valence-corrected chi connectivity index (χ3v) is 4.03. The van der Waals surface area contributed by atoms with Crippen molar-refractivity contribution in [2.75, 3.05) is 7.11 Å². The lowest BCUT2D eigenvalue weighted by molar-refractivity contribution is -0.142. The smallest absolute Gasteiger partial charge is 0.326 e. The quantitative estimate of drug-likeness (QED) is 0.772. The lowest BCUT2D eigenvalue weighted by Crippen LogP contribution is -2.43. The third kappa shape index (κ3) is 4.76. The molecule has 2 atom stereocenters. The maximum Gasteiger partial charge on any atom is 0.326 e. The molecule has 0 bridgehead atoms. The van der Waals surface area contributed by atoms with Gasteiger partial charge in [0.1, 0.15) is 11.8 Å². The molecule has 0 saturated heterocycles. The highest BCUT2D eigenvalue weighted by atomic mass is 16.5. The van der Waals surface area contributed by atoms with Crippen LogP contribution in [0.25, 0.3) is 0 Å². The van der Waals surface area contributed by atoms with Gasteiger partial charge >= 0.3 is 5.97 Å². The van der Waals surface area contributed by atoms with Gasteiger partial charge in [-0.2, -0.15) is 0 Å². The van der Waals surface area contributed by atoms with Gasteiger partial charge in [-0.25, -0.2) is 4.79 Å². The first-order chi connectivity index (χ1) is 10.5.